The minimum Gasteiger partial charge on any atom is -0.330 e. The molecule has 0 spiro atoms. The van der Waals surface area contributed by atoms with Crippen molar-refractivity contribution < 1.29 is 4.39 Å². The third-order valence-corrected chi connectivity index (χ3v) is 4.12. The van der Waals surface area contributed by atoms with Crippen LogP contribution in [-0.2, 0) is 6.42 Å². The van der Waals surface area contributed by atoms with E-state index >= 15 is 0 Å². The number of hydrogen-bond acceptors (Lipinski definition) is 4. The van der Waals surface area contributed by atoms with Crippen LogP contribution in [0, 0.1) is 13.0 Å². The minimum absolute atomic E-state index is 0.381. The quantitative estimate of drug-likeness (QED) is 0.690. The summed E-state index contributed by atoms with van der Waals surface area (Å²) < 4.78 is 13.8. The summed E-state index contributed by atoms with van der Waals surface area (Å²) in [6, 6.07) is 2.22. The largest absolute Gasteiger partial charge is 0.330 e. The first-order valence-electron chi connectivity index (χ1n) is 7.01. The van der Waals surface area contributed by atoms with Gasteiger partial charge < -0.3 is 4.90 Å². The normalized spacial score (nSPS) is 20.9. The first kappa shape index (κ1) is 11.8. The van der Waals surface area contributed by atoms with Gasteiger partial charge in [-0.2, -0.15) is 9.37 Å². The first-order chi connectivity index (χ1) is 9.72. The smallest absolute Gasteiger partial charge is 0.311 e. The fraction of sp³-hybridized carbons (Fsp3) is 0.400. The van der Waals surface area contributed by atoms with Crippen molar-refractivity contribution >= 4 is 16.7 Å². The van der Waals surface area contributed by atoms with Gasteiger partial charge in [0.25, 0.3) is 0 Å². The second-order valence-corrected chi connectivity index (χ2v) is 5.48. The molecule has 0 radical (unpaired) electrons. The first-order valence-corrected chi connectivity index (χ1v) is 7.01. The lowest BCUT2D eigenvalue weighted by Crippen LogP contribution is -2.33. The molecular weight excluding hydrogens is 255 g/mol. The van der Waals surface area contributed by atoms with Crippen LogP contribution >= 0.6 is 0 Å². The summed E-state index contributed by atoms with van der Waals surface area (Å²) in [6.45, 7) is 1.92. The molecule has 2 aliphatic heterocycles. The van der Waals surface area contributed by atoms with Crippen molar-refractivity contribution in [2.75, 3.05) is 4.90 Å². The molecule has 1 unspecified atom stereocenters. The molecular formula is C15H15FN4. The maximum absolute atomic E-state index is 13.8. The van der Waals surface area contributed by atoms with E-state index < -0.39 is 6.08 Å². The fourth-order valence-corrected chi connectivity index (χ4v) is 3.25. The molecule has 5 heteroatoms. The number of pyridine rings is 1. The van der Waals surface area contributed by atoms with Crippen molar-refractivity contribution in [2.45, 2.75) is 38.6 Å². The van der Waals surface area contributed by atoms with E-state index in [1.54, 1.807) is 0 Å². The molecule has 0 amide bonds. The molecule has 2 aromatic heterocycles. The van der Waals surface area contributed by atoms with Crippen LogP contribution in [0.5, 0.6) is 0 Å². The lowest BCUT2D eigenvalue weighted by atomic mass is 10.0. The van der Waals surface area contributed by atoms with E-state index in [2.05, 4.69) is 25.9 Å². The molecule has 20 heavy (non-hydrogen) atoms. The van der Waals surface area contributed by atoms with Crippen LogP contribution in [0.15, 0.2) is 18.3 Å². The Morgan fingerprint density at radius 2 is 2.15 bits per heavy atom. The van der Waals surface area contributed by atoms with Gasteiger partial charge in [-0.1, -0.05) is 6.08 Å². The summed E-state index contributed by atoms with van der Waals surface area (Å²) in [5, 5.41) is 0.908. The number of fused-ring (bicyclic) bond motifs is 2. The highest BCUT2D eigenvalue weighted by Crippen LogP contribution is 2.35. The van der Waals surface area contributed by atoms with Gasteiger partial charge in [0.05, 0.1) is 16.6 Å². The van der Waals surface area contributed by atoms with Crippen LogP contribution in [0.1, 0.15) is 30.7 Å². The number of anilines is 1. The number of nitrogens with zero attached hydrogens (tertiary/aromatic N) is 4. The molecule has 0 saturated heterocycles. The maximum Gasteiger partial charge on any atom is 0.311 e. The van der Waals surface area contributed by atoms with Gasteiger partial charge in [-0.15, -0.1) is 0 Å². The predicted octanol–water partition coefficient (Wildman–Crippen LogP) is 2.90. The van der Waals surface area contributed by atoms with E-state index in [0.29, 0.717) is 17.4 Å². The van der Waals surface area contributed by atoms with Gasteiger partial charge in [0.15, 0.2) is 0 Å². The molecule has 102 valence electrons. The molecule has 2 aliphatic rings. The van der Waals surface area contributed by atoms with Gasteiger partial charge in [-0.25, -0.2) is 4.98 Å². The van der Waals surface area contributed by atoms with Crippen LogP contribution in [0.2, 0.25) is 0 Å². The van der Waals surface area contributed by atoms with E-state index in [1.807, 2.05) is 19.2 Å². The number of aryl methyl sites for hydroxylation is 2. The second-order valence-electron chi connectivity index (χ2n) is 5.48. The molecule has 4 heterocycles. The van der Waals surface area contributed by atoms with Crippen molar-refractivity contribution in [1.29, 1.82) is 0 Å². The molecule has 4 rings (SSSR count). The standard InChI is InChI=1S/C15H15FN4/c1-9-8-12-13-11(17-9)6-5-10-4-2-3-7-20(10)14(13)19-15(16)18-12/h3,7-8,10H,2,4-6H2,1H3. The summed E-state index contributed by atoms with van der Waals surface area (Å²) >= 11 is 0. The van der Waals surface area contributed by atoms with Crippen LogP contribution in [0.25, 0.3) is 10.9 Å². The molecule has 2 aromatic rings. The summed E-state index contributed by atoms with van der Waals surface area (Å²) in [5.74, 6) is 0.674. The van der Waals surface area contributed by atoms with Crippen LogP contribution < -0.4 is 4.90 Å². The van der Waals surface area contributed by atoms with Crippen molar-refractivity contribution in [3.8, 4) is 0 Å². The Balaban J connectivity index is 2.06. The number of allylic oxidation sites excluding steroid dienone is 1. The zero-order chi connectivity index (χ0) is 13.7. The summed E-state index contributed by atoms with van der Waals surface area (Å²) in [4.78, 5) is 14.7. The lowest BCUT2D eigenvalue weighted by molar-refractivity contribution is 0.524. The molecule has 1 atom stereocenters. The van der Waals surface area contributed by atoms with Gasteiger partial charge in [-0.3, -0.25) is 4.98 Å². The summed E-state index contributed by atoms with van der Waals surface area (Å²) in [5.41, 5.74) is 2.54. The Bertz CT molecular complexity index is 720. The Kier molecular flexibility index (Phi) is 2.49. The topological polar surface area (TPSA) is 41.9 Å². The van der Waals surface area contributed by atoms with Gasteiger partial charge in [0.1, 0.15) is 5.82 Å². The zero-order valence-electron chi connectivity index (χ0n) is 11.3. The Morgan fingerprint density at radius 3 is 3.05 bits per heavy atom. The third kappa shape index (κ3) is 1.69. The van der Waals surface area contributed by atoms with Crippen molar-refractivity contribution in [3.63, 3.8) is 0 Å². The highest BCUT2D eigenvalue weighted by atomic mass is 19.1. The van der Waals surface area contributed by atoms with Crippen LogP contribution in [0.4, 0.5) is 10.2 Å². The average molecular weight is 270 g/mol. The monoisotopic (exact) mass is 270 g/mol. The number of rotatable bonds is 0. The highest BCUT2D eigenvalue weighted by molar-refractivity contribution is 5.92. The zero-order valence-corrected chi connectivity index (χ0v) is 11.3. The molecule has 0 bridgehead atoms. The highest BCUT2D eigenvalue weighted by Gasteiger charge is 2.28. The van der Waals surface area contributed by atoms with E-state index in [1.165, 1.54) is 0 Å². The molecule has 0 saturated carbocycles. The molecule has 0 aromatic carbocycles. The van der Waals surface area contributed by atoms with Gasteiger partial charge >= 0.3 is 6.08 Å². The van der Waals surface area contributed by atoms with Gasteiger partial charge in [0.2, 0.25) is 0 Å². The van der Waals surface area contributed by atoms with Gasteiger partial charge in [-0.05, 0) is 38.7 Å². The average Bonchev–Trinajstić information content (AvgIpc) is 2.57. The van der Waals surface area contributed by atoms with E-state index in [0.717, 1.165) is 42.5 Å². The number of halogens is 1. The van der Waals surface area contributed by atoms with Crippen molar-refractivity contribution in [2.24, 2.45) is 0 Å². The summed E-state index contributed by atoms with van der Waals surface area (Å²) in [7, 11) is 0. The van der Waals surface area contributed by atoms with Gasteiger partial charge in [0, 0.05) is 17.9 Å². The second kappa shape index (κ2) is 4.23. The molecule has 0 fully saturated rings. The minimum atomic E-state index is -0.663. The Hall–Kier alpha value is -2.04. The maximum atomic E-state index is 13.8. The molecule has 0 N–H and O–H groups in total. The summed E-state index contributed by atoms with van der Waals surface area (Å²) in [6.07, 6.45) is 7.56. The Labute approximate surface area is 116 Å². The van der Waals surface area contributed by atoms with Crippen LogP contribution in [-0.4, -0.2) is 21.0 Å². The van der Waals surface area contributed by atoms with Crippen molar-refractivity contribution in [1.82, 2.24) is 15.0 Å². The van der Waals surface area contributed by atoms with E-state index in [4.69, 9.17) is 0 Å². The number of hydrogen-bond donors (Lipinski definition) is 0. The fourth-order valence-electron chi connectivity index (χ4n) is 3.25. The van der Waals surface area contributed by atoms with E-state index in [9.17, 15) is 4.39 Å². The third-order valence-electron chi connectivity index (χ3n) is 4.12. The molecule has 4 nitrogen and oxygen atoms in total. The number of aromatic nitrogens is 3. The van der Waals surface area contributed by atoms with E-state index in [-0.39, 0.29) is 0 Å². The predicted molar refractivity (Wildman–Crippen MR) is 75.0 cm³/mol. The molecule has 0 aliphatic carbocycles. The Morgan fingerprint density at radius 1 is 1.25 bits per heavy atom. The SMILES string of the molecule is Cc1cc2nc(F)nc3c2c(n1)CCC1CCC=CN31. The van der Waals surface area contributed by atoms with Crippen molar-refractivity contribution in [3.05, 3.63) is 35.8 Å². The lowest BCUT2D eigenvalue weighted by Gasteiger charge is -2.31. The van der Waals surface area contributed by atoms with Crippen LogP contribution in [0.3, 0.4) is 0 Å².